The summed E-state index contributed by atoms with van der Waals surface area (Å²) in [4.78, 5) is 8.46. The maximum absolute atomic E-state index is 4.97. The highest BCUT2D eigenvalue weighted by Gasteiger charge is 2.07. The van der Waals surface area contributed by atoms with Crippen molar-refractivity contribution in [3.63, 3.8) is 0 Å². The molecule has 0 fully saturated rings. The van der Waals surface area contributed by atoms with Crippen molar-refractivity contribution in [1.29, 1.82) is 0 Å². The maximum Gasteiger partial charge on any atom is 0.223 e. The van der Waals surface area contributed by atoms with Crippen LogP contribution in [-0.4, -0.2) is 40.0 Å². The topological polar surface area (TPSA) is 78.0 Å². The molecule has 0 aromatic carbocycles. The number of methoxy groups -OCH3 is 1. The third-order valence-electron chi connectivity index (χ3n) is 2.45. The normalized spacial score (nSPS) is 11.0. The molecule has 0 aliphatic rings. The molecule has 0 aliphatic carbocycles. The lowest BCUT2D eigenvalue weighted by molar-refractivity contribution is 0.199. The maximum atomic E-state index is 4.97. The molecular formula is C11H17N5O2. The number of ether oxygens (including phenoxy) is 1. The first-order valence-corrected chi connectivity index (χ1v) is 5.78. The van der Waals surface area contributed by atoms with E-state index in [1.807, 2.05) is 10.8 Å². The fraction of sp³-hybridized carbons (Fsp3) is 0.545. The molecule has 0 unspecified atom stereocenters. The zero-order valence-corrected chi connectivity index (χ0v) is 10.6. The van der Waals surface area contributed by atoms with Crippen LogP contribution in [0, 0.1) is 6.92 Å². The van der Waals surface area contributed by atoms with E-state index in [0.717, 1.165) is 12.4 Å². The Balaban J connectivity index is 1.91. The lowest BCUT2D eigenvalue weighted by Crippen LogP contribution is -2.21. The van der Waals surface area contributed by atoms with Crippen LogP contribution in [0.3, 0.4) is 0 Å². The van der Waals surface area contributed by atoms with Crippen LogP contribution < -0.4 is 5.32 Å². The van der Waals surface area contributed by atoms with Gasteiger partial charge in [-0.15, -0.1) is 0 Å². The van der Waals surface area contributed by atoms with Gasteiger partial charge in [-0.3, -0.25) is 0 Å². The third-order valence-corrected chi connectivity index (χ3v) is 2.45. The van der Waals surface area contributed by atoms with Crippen LogP contribution in [0.4, 0.5) is 0 Å². The molecule has 0 saturated carbocycles. The second kappa shape index (κ2) is 6.27. The van der Waals surface area contributed by atoms with Crippen molar-refractivity contribution >= 4 is 0 Å². The van der Waals surface area contributed by atoms with Gasteiger partial charge in [-0.05, 0) is 0 Å². The molecule has 0 radical (unpaired) electrons. The summed E-state index contributed by atoms with van der Waals surface area (Å²) in [5, 5.41) is 7.11. The second-order valence-corrected chi connectivity index (χ2v) is 3.87. The van der Waals surface area contributed by atoms with E-state index in [2.05, 4.69) is 20.4 Å². The molecule has 0 spiro atoms. The van der Waals surface area contributed by atoms with E-state index in [1.54, 1.807) is 20.2 Å². The fourth-order valence-corrected chi connectivity index (χ4v) is 1.58. The molecule has 2 heterocycles. The first-order valence-electron chi connectivity index (χ1n) is 5.78. The summed E-state index contributed by atoms with van der Waals surface area (Å²) in [7, 11) is 1.68. The van der Waals surface area contributed by atoms with Gasteiger partial charge in [0.1, 0.15) is 5.82 Å². The monoisotopic (exact) mass is 251 g/mol. The number of rotatable bonds is 7. The molecule has 2 rings (SSSR count). The van der Waals surface area contributed by atoms with E-state index in [-0.39, 0.29) is 0 Å². The van der Waals surface area contributed by atoms with Crippen molar-refractivity contribution in [2.45, 2.75) is 20.0 Å². The molecule has 0 bridgehead atoms. The minimum atomic E-state index is 0.568. The molecular weight excluding hydrogens is 234 g/mol. The molecule has 7 nitrogen and oxygen atoms in total. The lowest BCUT2D eigenvalue weighted by Gasteiger charge is -2.06. The standard InChI is InChI=1S/C11H17N5O2/c1-9-14-10(15-18-9)8-16-5-3-13-11(16)7-12-4-6-17-2/h3,5,12H,4,6-8H2,1-2H3. The van der Waals surface area contributed by atoms with Crippen molar-refractivity contribution in [2.24, 2.45) is 0 Å². The van der Waals surface area contributed by atoms with Gasteiger partial charge < -0.3 is 19.1 Å². The smallest absolute Gasteiger partial charge is 0.223 e. The summed E-state index contributed by atoms with van der Waals surface area (Å²) < 4.78 is 11.9. The molecule has 98 valence electrons. The summed E-state index contributed by atoms with van der Waals surface area (Å²) in [5.41, 5.74) is 0. The van der Waals surface area contributed by atoms with Crippen molar-refractivity contribution in [3.05, 3.63) is 29.9 Å². The van der Waals surface area contributed by atoms with E-state index in [4.69, 9.17) is 9.26 Å². The highest BCUT2D eigenvalue weighted by atomic mass is 16.5. The average Bonchev–Trinajstić information content (AvgIpc) is 2.95. The predicted octanol–water partition coefficient (Wildman–Crippen LogP) is 0.359. The van der Waals surface area contributed by atoms with Gasteiger partial charge in [0.05, 0.1) is 19.7 Å². The number of aryl methyl sites for hydroxylation is 1. The van der Waals surface area contributed by atoms with Crippen molar-refractivity contribution in [2.75, 3.05) is 20.3 Å². The largest absolute Gasteiger partial charge is 0.383 e. The number of hydrogen-bond donors (Lipinski definition) is 1. The van der Waals surface area contributed by atoms with Crippen LogP contribution >= 0.6 is 0 Å². The minimum absolute atomic E-state index is 0.568. The number of aromatic nitrogens is 4. The Bertz CT molecular complexity index is 479. The second-order valence-electron chi connectivity index (χ2n) is 3.87. The number of hydrogen-bond acceptors (Lipinski definition) is 6. The summed E-state index contributed by atoms with van der Waals surface area (Å²) >= 11 is 0. The third kappa shape index (κ3) is 3.38. The Kier molecular flexibility index (Phi) is 4.43. The van der Waals surface area contributed by atoms with E-state index in [1.165, 1.54) is 0 Å². The molecule has 18 heavy (non-hydrogen) atoms. The summed E-state index contributed by atoms with van der Waals surface area (Å²) in [5.74, 6) is 2.17. The molecule has 0 amide bonds. The summed E-state index contributed by atoms with van der Waals surface area (Å²) in [6, 6.07) is 0. The van der Waals surface area contributed by atoms with Crippen LogP contribution in [0.15, 0.2) is 16.9 Å². The molecule has 0 atom stereocenters. The molecule has 7 heteroatoms. The highest BCUT2D eigenvalue weighted by Crippen LogP contribution is 2.02. The fourth-order valence-electron chi connectivity index (χ4n) is 1.58. The van der Waals surface area contributed by atoms with Crippen molar-refractivity contribution < 1.29 is 9.26 Å². The van der Waals surface area contributed by atoms with Gasteiger partial charge in [0.25, 0.3) is 0 Å². The van der Waals surface area contributed by atoms with E-state index in [9.17, 15) is 0 Å². The highest BCUT2D eigenvalue weighted by molar-refractivity contribution is 4.96. The Morgan fingerprint density at radius 1 is 1.50 bits per heavy atom. The van der Waals surface area contributed by atoms with Gasteiger partial charge in [0.2, 0.25) is 5.89 Å². The van der Waals surface area contributed by atoms with Crippen molar-refractivity contribution in [1.82, 2.24) is 25.0 Å². The van der Waals surface area contributed by atoms with E-state index in [0.29, 0.717) is 31.4 Å². The van der Waals surface area contributed by atoms with Gasteiger partial charge in [-0.2, -0.15) is 4.98 Å². The molecule has 0 aliphatic heterocycles. The van der Waals surface area contributed by atoms with Crippen LogP contribution in [0.5, 0.6) is 0 Å². The SMILES string of the molecule is COCCNCc1nccn1Cc1noc(C)n1. The molecule has 2 aromatic heterocycles. The van der Waals surface area contributed by atoms with Gasteiger partial charge >= 0.3 is 0 Å². The molecule has 1 N–H and O–H groups in total. The van der Waals surface area contributed by atoms with Gasteiger partial charge in [-0.25, -0.2) is 4.98 Å². The van der Waals surface area contributed by atoms with E-state index >= 15 is 0 Å². The first kappa shape index (κ1) is 12.7. The van der Waals surface area contributed by atoms with Crippen LogP contribution in [0.2, 0.25) is 0 Å². The lowest BCUT2D eigenvalue weighted by atomic mass is 10.5. The Hall–Kier alpha value is -1.73. The zero-order chi connectivity index (χ0) is 12.8. The Morgan fingerprint density at radius 3 is 3.11 bits per heavy atom. The molecule has 2 aromatic rings. The Labute approximate surface area is 105 Å². The van der Waals surface area contributed by atoms with Gasteiger partial charge in [-0.1, -0.05) is 5.16 Å². The summed E-state index contributed by atoms with van der Waals surface area (Å²) in [6.07, 6.45) is 3.67. The van der Waals surface area contributed by atoms with Crippen LogP contribution in [-0.2, 0) is 17.8 Å². The van der Waals surface area contributed by atoms with Gasteiger partial charge in [0.15, 0.2) is 5.82 Å². The van der Waals surface area contributed by atoms with Crippen molar-refractivity contribution in [3.8, 4) is 0 Å². The predicted molar refractivity (Wildman–Crippen MR) is 63.9 cm³/mol. The van der Waals surface area contributed by atoms with Crippen LogP contribution in [0.1, 0.15) is 17.5 Å². The Morgan fingerprint density at radius 2 is 2.39 bits per heavy atom. The quantitative estimate of drug-likeness (QED) is 0.716. The first-order chi connectivity index (χ1) is 8.79. The minimum Gasteiger partial charge on any atom is -0.383 e. The number of nitrogens with zero attached hydrogens (tertiary/aromatic N) is 4. The number of imidazole rings is 1. The zero-order valence-electron chi connectivity index (χ0n) is 10.6. The average molecular weight is 251 g/mol. The van der Waals surface area contributed by atoms with Crippen LogP contribution in [0.25, 0.3) is 0 Å². The van der Waals surface area contributed by atoms with E-state index < -0.39 is 0 Å². The van der Waals surface area contributed by atoms with Gasteiger partial charge in [0, 0.05) is 33.0 Å². The summed E-state index contributed by atoms with van der Waals surface area (Å²) in [6.45, 7) is 4.51. The molecule has 0 saturated heterocycles. The number of nitrogens with one attached hydrogen (secondary N) is 1.